The van der Waals surface area contributed by atoms with Gasteiger partial charge in [0, 0.05) is 19.3 Å². The highest BCUT2D eigenvalue weighted by Gasteiger charge is 2.21. The van der Waals surface area contributed by atoms with Crippen molar-refractivity contribution in [1.82, 2.24) is 4.98 Å². The molecule has 20 heavy (non-hydrogen) atoms. The van der Waals surface area contributed by atoms with Crippen LogP contribution in [0.25, 0.3) is 0 Å². The number of allylic oxidation sites excluding steroid dienone is 2. The highest BCUT2D eigenvalue weighted by Crippen LogP contribution is 2.28. The third-order valence-corrected chi connectivity index (χ3v) is 4.46. The Kier molecular flexibility index (Phi) is 5.63. The monoisotopic (exact) mass is 272 g/mol. The van der Waals surface area contributed by atoms with Crippen LogP contribution < -0.4 is 4.90 Å². The molecule has 1 aromatic heterocycles. The largest absolute Gasteiger partial charge is 0.357 e. The molecule has 2 heterocycles. The molecule has 0 bridgehead atoms. The van der Waals surface area contributed by atoms with Crippen LogP contribution >= 0.6 is 0 Å². The van der Waals surface area contributed by atoms with E-state index >= 15 is 0 Å². The van der Waals surface area contributed by atoms with Crippen molar-refractivity contribution in [1.29, 1.82) is 0 Å². The first-order valence-electron chi connectivity index (χ1n) is 8.03. The fourth-order valence-electron chi connectivity index (χ4n) is 3.17. The molecule has 1 saturated heterocycles. The molecule has 110 valence electrons. The Balaban J connectivity index is 1.86. The summed E-state index contributed by atoms with van der Waals surface area (Å²) in [5, 5.41) is 0. The van der Waals surface area contributed by atoms with Crippen LogP contribution in [0.2, 0.25) is 0 Å². The van der Waals surface area contributed by atoms with Crippen LogP contribution in [0.5, 0.6) is 0 Å². The third-order valence-electron chi connectivity index (χ3n) is 4.46. The molecule has 1 aliphatic heterocycles. The number of nitrogens with zero attached hydrogens (tertiary/aromatic N) is 2. The SMILES string of the molecule is C/C=C\C(CC)CC1CCN(c2cc(C)ccn2)CC1. The van der Waals surface area contributed by atoms with Crippen molar-refractivity contribution in [3.8, 4) is 0 Å². The summed E-state index contributed by atoms with van der Waals surface area (Å²) in [6.07, 6.45) is 11.8. The van der Waals surface area contributed by atoms with Gasteiger partial charge in [-0.25, -0.2) is 4.98 Å². The number of aromatic nitrogens is 1. The lowest BCUT2D eigenvalue weighted by Gasteiger charge is -2.34. The number of rotatable bonds is 5. The summed E-state index contributed by atoms with van der Waals surface area (Å²) in [5.41, 5.74) is 1.30. The van der Waals surface area contributed by atoms with Crippen LogP contribution in [0, 0.1) is 18.8 Å². The lowest BCUT2D eigenvalue weighted by molar-refractivity contribution is 0.337. The van der Waals surface area contributed by atoms with Gasteiger partial charge in [-0.15, -0.1) is 0 Å². The highest BCUT2D eigenvalue weighted by atomic mass is 15.2. The predicted octanol–water partition coefficient (Wildman–Crippen LogP) is 4.60. The molecule has 0 spiro atoms. The molecule has 2 nitrogen and oxygen atoms in total. The van der Waals surface area contributed by atoms with Crippen molar-refractivity contribution in [3.63, 3.8) is 0 Å². The van der Waals surface area contributed by atoms with E-state index < -0.39 is 0 Å². The van der Waals surface area contributed by atoms with Crippen LogP contribution in [-0.4, -0.2) is 18.1 Å². The van der Waals surface area contributed by atoms with E-state index in [1.165, 1.54) is 31.2 Å². The van der Waals surface area contributed by atoms with Gasteiger partial charge in [0.25, 0.3) is 0 Å². The molecule has 2 rings (SSSR count). The molecule has 0 radical (unpaired) electrons. The molecular formula is C18H28N2. The van der Waals surface area contributed by atoms with Crippen LogP contribution in [-0.2, 0) is 0 Å². The molecule has 1 fully saturated rings. The van der Waals surface area contributed by atoms with Crippen LogP contribution in [0.15, 0.2) is 30.5 Å². The molecule has 1 unspecified atom stereocenters. The first-order valence-corrected chi connectivity index (χ1v) is 8.03. The normalized spacial score (nSPS) is 18.6. The Labute approximate surface area is 123 Å². The summed E-state index contributed by atoms with van der Waals surface area (Å²) >= 11 is 0. The Hall–Kier alpha value is -1.31. The number of aryl methyl sites for hydroxylation is 1. The quantitative estimate of drug-likeness (QED) is 0.728. The minimum Gasteiger partial charge on any atom is -0.357 e. The second-order valence-corrected chi connectivity index (χ2v) is 6.05. The van der Waals surface area contributed by atoms with Gasteiger partial charge in [-0.2, -0.15) is 0 Å². The molecule has 2 heteroatoms. The van der Waals surface area contributed by atoms with Crippen molar-refractivity contribution < 1.29 is 0 Å². The number of hydrogen-bond acceptors (Lipinski definition) is 2. The van der Waals surface area contributed by atoms with Gasteiger partial charge in [0.1, 0.15) is 5.82 Å². The third kappa shape index (κ3) is 4.09. The second-order valence-electron chi connectivity index (χ2n) is 6.05. The summed E-state index contributed by atoms with van der Waals surface area (Å²) in [5.74, 6) is 2.81. The molecule has 1 atom stereocenters. The smallest absolute Gasteiger partial charge is 0.128 e. The molecule has 1 aliphatic rings. The fourth-order valence-corrected chi connectivity index (χ4v) is 3.17. The first-order chi connectivity index (χ1) is 9.72. The molecule has 1 aromatic rings. The summed E-state index contributed by atoms with van der Waals surface area (Å²) in [6.45, 7) is 8.90. The van der Waals surface area contributed by atoms with Gasteiger partial charge in [0.15, 0.2) is 0 Å². The summed E-state index contributed by atoms with van der Waals surface area (Å²) in [7, 11) is 0. The number of pyridine rings is 1. The van der Waals surface area contributed by atoms with E-state index in [2.05, 4.69) is 54.9 Å². The van der Waals surface area contributed by atoms with Crippen molar-refractivity contribution in [3.05, 3.63) is 36.0 Å². The average molecular weight is 272 g/mol. The topological polar surface area (TPSA) is 16.1 Å². The van der Waals surface area contributed by atoms with Gasteiger partial charge in [0.2, 0.25) is 0 Å². The lowest BCUT2D eigenvalue weighted by atomic mass is 9.86. The predicted molar refractivity (Wildman–Crippen MR) is 87.1 cm³/mol. The van der Waals surface area contributed by atoms with Crippen molar-refractivity contribution in [2.24, 2.45) is 11.8 Å². The molecule has 0 aliphatic carbocycles. The maximum absolute atomic E-state index is 4.51. The molecule has 0 amide bonds. The average Bonchev–Trinajstić information content (AvgIpc) is 2.47. The number of anilines is 1. The number of piperidine rings is 1. The fraction of sp³-hybridized carbons (Fsp3) is 0.611. The highest BCUT2D eigenvalue weighted by molar-refractivity contribution is 5.40. The summed E-state index contributed by atoms with van der Waals surface area (Å²) in [4.78, 5) is 6.95. The summed E-state index contributed by atoms with van der Waals surface area (Å²) in [6, 6.07) is 4.27. The van der Waals surface area contributed by atoms with Gasteiger partial charge >= 0.3 is 0 Å². The van der Waals surface area contributed by atoms with E-state index in [1.807, 2.05) is 6.20 Å². The first kappa shape index (κ1) is 15.1. The van der Waals surface area contributed by atoms with E-state index in [4.69, 9.17) is 0 Å². The van der Waals surface area contributed by atoms with Crippen LogP contribution in [0.3, 0.4) is 0 Å². The van der Waals surface area contributed by atoms with E-state index in [1.54, 1.807) is 0 Å². The maximum atomic E-state index is 4.51. The van der Waals surface area contributed by atoms with E-state index in [0.29, 0.717) is 0 Å². The van der Waals surface area contributed by atoms with E-state index in [0.717, 1.165) is 30.7 Å². The van der Waals surface area contributed by atoms with Crippen molar-refractivity contribution >= 4 is 5.82 Å². The Morgan fingerprint density at radius 2 is 2.15 bits per heavy atom. The molecule has 0 N–H and O–H groups in total. The van der Waals surface area contributed by atoms with Crippen molar-refractivity contribution in [2.75, 3.05) is 18.0 Å². The van der Waals surface area contributed by atoms with Crippen LogP contribution in [0.1, 0.15) is 45.1 Å². The Bertz CT molecular complexity index is 431. The maximum Gasteiger partial charge on any atom is 0.128 e. The van der Waals surface area contributed by atoms with E-state index in [9.17, 15) is 0 Å². The van der Waals surface area contributed by atoms with Crippen LogP contribution in [0.4, 0.5) is 5.82 Å². The lowest BCUT2D eigenvalue weighted by Crippen LogP contribution is -2.34. The second kappa shape index (κ2) is 7.47. The van der Waals surface area contributed by atoms with Gasteiger partial charge in [-0.05, 0) is 69.1 Å². The molecular weight excluding hydrogens is 244 g/mol. The zero-order valence-corrected chi connectivity index (χ0v) is 13.2. The number of hydrogen-bond donors (Lipinski definition) is 0. The van der Waals surface area contributed by atoms with Crippen molar-refractivity contribution in [2.45, 2.75) is 46.5 Å². The Morgan fingerprint density at radius 3 is 2.75 bits per heavy atom. The summed E-state index contributed by atoms with van der Waals surface area (Å²) < 4.78 is 0. The molecule has 0 aromatic carbocycles. The zero-order valence-electron chi connectivity index (χ0n) is 13.2. The van der Waals surface area contributed by atoms with Gasteiger partial charge < -0.3 is 4.90 Å². The zero-order chi connectivity index (χ0) is 14.4. The standard InChI is InChI=1S/C18H28N2/c1-4-6-16(5-2)14-17-8-11-20(12-9-17)18-13-15(3)7-10-19-18/h4,6-7,10,13,16-17H,5,8-9,11-12,14H2,1-3H3/b6-4-. The molecule has 0 saturated carbocycles. The van der Waals surface area contributed by atoms with Gasteiger partial charge in [-0.3, -0.25) is 0 Å². The Morgan fingerprint density at radius 1 is 1.40 bits per heavy atom. The van der Waals surface area contributed by atoms with Gasteiger partial charge in [0.05, 0.1) is 0 Å². The minimum atomic E-state index is 0.772. The minimum absolute atomic E-state index is 0.772. The van der Waals surface area contributed by atoms with Gasteiger partial charge in [-0.1, -0.05) is 19.1 Å². The van der Waals surface area contributed by atoms with E-state index in [-0.39, 0.29) is 0 Å².